The second-order valence-electron chi connectivity index (χ2n) is 3.81. The molecular formula is C13H13NOS. The van der Waals surface area contributed by atoms with E-state index in [1.165, 1.54) is 11.3 Å². The maximum Gasteiger partial charge on any atom is 0.202 e. The second-order valence-corrected chi connectivity index (χ2v) is 5.10. The van der Waals surface area contributed by atoms with Crippen molar-refractivity contribution < 1.29 is 4.79 Å². The number of benzene rings is 1. The molecule has 3 heteroatoms. The summed E-state index contributed by atoms with van der Waals surface area (Å²) in [5.41, 5.74) is 8.09. The molecule has 2 N–H and O–H groups in total. The first kappa shape index (κ1) is 10.9. The third-order valence-corrected chi connectivity index (χ3v) is 3.50. The van der Waals surface area contributed by atoms with Crippen molar-refractivity contribution in [2.45, 2.75) is 13.8 Å². The van der Waals surface area contributed by atoms with Crippen molar-refractivity contribution in [3.05, 3.63) is 51.2 Å². The molecule has 0 amide bonds. The molecule has 2 rings (SSSR count). The zero-order valence-corrected chi connectivity index (χ0v) is 10.1. The molecule has 0 aliphatic heterocycles. The van der Waals surface area contributed by atoms with E-state index in [-0.39, 0.29) is 5.78 Å². The molecule has 0 saturated carbocycles. The summed E-state index contributed by atoms with van der Waals surface area (Å²) in [5.74, 6) is 0.0706. The Morgan fingerprint density at radius 2 is 1.94 bits per heavy atom. The zero-order chi connectivity index (χ0) is 11.7. The molecule has 0 atom stereocenters. The monoisotopic (exact) mass is 231 g/mol. The highest BCUT2D eigenvalue weighted by atomic mass is 32.1. The highest BCUT2D eigenvalue weighted by Crippen LogP contribution is 2.21. The van der Waals surface area contributed by atoms with Gasteiger partial charge in [-0.1, -0.05) is 0 Å². The Hall–Kier alpha value is -1.61. The molecule has 0 aliphatic rings. The molecule has 0 spiro atoms. The minimum absolute atomic E-state index is 0.0706. The highest BCUT2D eigenvalue weighted by Gasteiger charge is 2.11. The van der Waals surface area contributed by atoms with Gasteiger partial charge >= 0.3 is 0 Å². The number of nitrogen functional groups attached to an aromatic ring is 1. The predicted molar refractivity (Wildman–Crippen MR) is 68.1 cm³/mol. The maximum atomic E-state index is 12.1. The van der Waals surface area contributed by atoms with Gasteiger partial charge in [-0.15, -0.1) is 11.3 Å². The third kappa shape index (κ3) is 1.99. The first-order chi connectivity index (χ1) is 7.58. The Morgan fingerprint density at radius 3 is 2.50 bits per heavy atom. The number of thiophene rings is 1. The van der Waals surface area contributed by atoms with Crippen molar-refractivity contribution >= 4 is 22.8 Å². The summed E-state index contributed by atoms with van der Waals surface area (Å²) in [4.78, 5) is 14.0. The van der Waals surface area contributed by atoms with Crippen molar-refractivity contribution in [3.63, 3.8) is 0 Å². The van der Waals surface area contributed by atoms with Gasteiger partial charge in [0.05, 0.1) is 4.88 Å². The van der Waals surface area contributed by atoms with E-state index in [2.05, 4.69) is 0 Å². The summed E-state index contributed by atoms with van der Waals surface area (Å²) in [5, 5.41) is 0. The SMILES string of the molecule is Cc1ccc(C(=O)c2ccc(N)c(C)c2)s1. The van der Waals surface area contributed by atoms with Gasteiger partial charge in [0, 0.05) is 16.1 Å². The zero-order valence-electron chi connectivity index (χ0n) is 9.28. The lowest BCUT2D eigenvalue weighted by atomic mass is 10.1. The first-order valence-electron chi connectivity index (χ1n) is 5.05. The Balaban J connectivity index is 2.38. The lowest BCUT2D eigenvalue weighted by Crippen LogP contribution is -2.00. The van der Waals surface area contributed by atoms with E-state index >= 15 is 0 Å². The van der Waals surface area contributed by atoms with Crippen LogP contribution in [0.2, 0.25) is 0 Å². The van der Waals surface area contributed by atoms with E-state index in [0.29, 0.717) is 5.56 Å². The van der Waals surface area contributed by atoms with Crippen molar-refractivity contribution in [3.8, 4) is 0 Å². The number of hydrogen-bond acceptors (Lipinski definition) is 3. The van der Waals surface area contributed by atoms with Gasteiger partial charge in [0.25, 0.3) is 0 Å². The number of aryl methyl sites for hydroxylation is 2. The van der Waals surface area contributed by atoms with Crippen LogP contribution in [-0.4, -0.2) is 5.78 Å². The summed E-state index contributed by atoms with van der Waals surface area (Å²) in [6.07, 6.45) is 0. The van der Waals surface area contributed by atoms with Crippen LogP contribution in [0.1, 0.15) is 25.7 Å². The van der Waals surface area contributed by atoms with Crippen molar-refractivity contribution in [1.29, 1.82) is 0 Å². The third-order valence-electron chi connectivity index (χ3n) is 2.50. The molecule has 2 nitrogen and oxygen atoms in total. The summed E-state index contributed by atoms with van der Waals surface area (Å²) < 4.78 is 0. The van der Waals surface area contributed by atoms with Crippen LogP contribution in [0.25, 0.3) is 0 Å². The lowest BCUT2D eigenvalue weighted by Gasteiger charge is -2.02. The van der Waals surface area contributed by atoms with E-state index in [1.54, 1.807) is 12.1 Å². The largest absolute Gasteiger partial charge is 0.399 e. The van der Waals surface area contributed by atoms with Crippen molar-refractivity contribution in [2.24, 2.45) is 0 Å². The van der Waals surface area contributed by atoms with Gasteiger partial charge in [0.15, 0.2) is 0 Å². The predicted octanol–water partition coefficient (Wildman–Crippen LogP) is 3.18. The number of hydrogen-bond donors (Lipinski definition) is 1. The van der Waals surface area contributed by atoms with Crippen LogP contribution in [0.5, 0.6) is 0 Å². The van der Waals surface area contributed by atoms with Gasteiger partial charge in [-0.3, -0.25) is 4.79 Å². The topological polar surface area (TPSA) is 43.1 Å². The van der Waals surface area contributed by atoms with E-state index in [0.717, 1.165) is 21.0 Å². The van der Waals surface area contributed by atoms with Crippen LogP contribution < -0.4 is 5.73 Å². The summed E-state index contributed by atoms with van der Waals surface area (Å²) >= 11 is 1.52. The second kappa shape index (κ2) is 4.10. The average molecular weight is 231 g/mol. The Labute approximate surface area is 98.7 Å². The first-order valence-corrected chi connectivity index (χ1v) is 5.87. The van der Waals surface area contributed by atoms with Gasteiger partial charge < -0.3 is 5.73 Å². The molecule has 0 unspecified atom stereocenters. The molecule has 0 saturated heterocycles. The average Bonchev–Trinajstić information content (AvgIpc) is 2.68. The van der Waals surface area contributed by atoms with Crippen LogP contribution in [0.3, 0.4) is 0 Å². The summed E-state index contributed by atoms with van der Waals surface area (Å²) in [7, 11) is 0. The van der Waals surface area contributed by atoms with Crippen molar-refractivity contribution in [2.75, 3.05) is 5.73 Å². The van der Waals surface area contributed by atoms with Gasteiger partial charge in [-0.2, -0.15) is 0 Å². The van der Waals surface area contributed by atoms with Gasteiger partial charge in [-0.05, 0) is 49.7 Å². The Morgan fingerprint density at radius 1 is 1.19 bits per heavy atom. The summed E-state index contributed by atoms with van der Waals surface area (Å²) in [6.45, 7) is 3.90. The number of anilines is 1. The number of carbonyl (C=O) groups excluding carboxylic acids is 1. The molecule has 16 heavy (non-hydrogen) atoms. The molecule has 1 heterocycles. The van der Waals surface area contributed by atoms with Crippen LogP contribution in [0, 0.1) is 13.8 Å². The highest BCUT2D eigenvalue weighted by molar-refractivity contribution is 7.14. The van der Waals surface area contributed by atoms with Crippen LogP contribution in [-0.2, 0) is 0 Å². The van der Waals surface area contributed by atoms with Crippen LogP contribution in [0.4, 0.5) is 5.69 Å². The van der Waals surface area contributed by atoms with Crippen molar-refractivity contribution in [1.82, 2.24) is 0 Å². The molecule has 0 bridgehead atoms. The van der Waals surface area contributed by atoms with E-state index < -0.39 is 0 Å². The normalized spacial score (nSPS) is 10.4. The molecule has 0 fully saturated rings. The summed E-state index contributed by atoms with van der Waals surface area (Å²) in [6, 6.07) is 9.23. The molecular weight excluding hydrogens is 218 g/mol. The van der Waals surface area contributed by atoms with Gasteiger partial charge in [0.1, 0.15) is 0 Å². The number of nitrogens with two attached hydrogens (primary N) is 1. The van der Waals surface area contributed by atoms with Gasteiger partial charge in [0.2, 0.25) is 5.78 Å². The molecule has 1 aromatic carbocycles. The standard InChI is InChI=1S/C13H13NOS/c1-8-7-10(4-5-11(8)14)13(15)12-6-3-9(2)16-12/h3-7H,14H2,1-2H3. The molecule has 0 aliphatic carbocycles. The van der Waals surface area contributed by atoms with E-state index in [4.69, 9.17) is 5.73 Å². The Kier molecular flexibility index (Phi) is 2.79. The van der Waals surface area contributed by atoms with Crippen LogP contribution >= 0.6 is 11.3 Å². The molecule has 0 radical (unpaired) electrons. The fraction of sp³-hybridized carbons (Fsp3) is 0.154. The fourth-order valence-corrected chi connectivity index (χ4v) is 2.35. The number of rotatable bonds is 2. The smallest absolute Gasteiger partial charge is 0.202 e. The Bertz CT molecular complexity index is 543. The van der Waals surface area contributed by atoms with Gasteiger partial charge in [-0.25, -0.2) is 0 Å². The van der Waals surface area contributed by atoms with E-state index in [9.17, 15) is 4.79 Å². The quantitative estimate of drug-likeness (QED) is 0.637. The minimum Gasteiger partial charge on any atom is -0.399 e. The van der Waals surface area contributed by atoms with Crippen LogP contribution in [0.15, 0.2) is 30.3 Å². The maximum absolute atomic E-state index is 12.1. The van der Waals surface area contributed by atoms with E-state index in [1.807, 2.05) is 32.0 Å². The molecule has 1 aromatic heterocycles. The number of carbonyl (C=O) groups is 1. The minimum atomic E-state index is 0.0706. The molecule has 82 valence electrons. The fourth-order valence-electron chi connectivity index (χ4n) is 1.52. The number of ketones is 1. The molecule has 2 aromatic rings. The lowest BCUT2D eigenvalue weighted by molar-refractivity contribution is 0.104.